The number of pyridine rings is 1. The average Bonchev–Trinajstić information content (AvgIpc) is 2.41. The summed E-state index contributed by atoms with van der Waals surface area (Å²) in [5, 5.41) is 0. The van der Waals surface area contributed by atoms with Gasteiger partial charge in [0, 0.05) is 11.8 Å². The van der Waals surface area contributed by atoms with Gasteiger partial charge in [-0.1, -0.05) is 12.1 Å². The van der Waals surface area contributed by atoms with Crippen LogP contribution in [0.3, 0.4) is 0 Å². The molecule has 19 heavy (non-hydrogen) atoms. The van der Waals surface area contributed by atoms with Crippen molar-refractivity contribution in [2.24, 2.45) is 0 Å². The number of H-pyrrole nitrogens is 1. The van der Waals surface area contributed by atoms with Crippen molar-refractivity contribution < 1.29 is 18.3 Å². The van der Waals surface area contributed by atoms with Crippen molar-refractivity contribution in [3.05, 3.63) is 58.0 Å². The van der Waals surface area contributed by atoms with Crippen LogP contribution in [0.25, 0.3) is 11.1 Å². The molecule has 1 aromatic heterocycles. The standard InChI is InChI=1S/C13H9F2NO3/c1-19-13(18)8-5-6-16-12(17)10(8)7-3-2-4-9(14)11(7)15/h2-6H,1H3,(H,16,17). The Hall–Kier alpha value is -2.50. The maximum atomic E-state index is 13.7. The van der Waals surface area contributed by atoms with E-state index >= 15 is 0 Å². The van der Waals surface area contributed by atoms with Crippen LogP contribution in [0.15, 0.2) is 35.3 Å². The molecule has 0 atom stereocenters. The molecule has 0 unspecified atom stereocenters. The first-order valence-corrected chi connectivity index (χ1v) is 5.30. The van der Waals surface area contributed by atoms with Crippen molar-refractivity contribution in [2.45, 2.75) is 0 Å². The molecule has 0 fully saturated rings. The number of hydrogen-bond donors (Lipinski definition) is 1. The number of nitrogens with one attached hydrogen (secondary N) is 1. The topological polar surface area (TPSA) is 59.2 Å². The lowest BCUT2D eigenvalue weighted by Gasteiger charge is -2.08. The number of methoxy groups -OCH3 is 1. The van der Waals surface area contributed by atoms with Gasteiger partial charge in [0.25, 0.3) is 5.56 Å². The summed E-state index contributed by atoms with van der Waals surface area (Å²) in [6.45, 7) is 0. The maximum Gasteiger partial charge on any atom is 0.338 e. The number of ether oxygens (including phenoxy) is 1. The van der Waals surface area contributed by atoms with E-state index in [4.69, 9.17) is 0 Å². The van der Waals surface area contributed by atoms with Crippen LogP contribution in [0.4, 0.5) is 8.78 Å². The molecule has 1 aromatic carbocycles. The minimum absolute atomic E-state index is 0.129. The molecule has 6 heteroatoms. The van der Waals surface area contributed by atoms with Crippen molar-refractivity contribution in [1.29, 1.82) is 0 Å². The molecule has 4 nitrogen and oxygen atoms in total. The van der Waals surface area contributed by atoms with Crippen LogP contribution in [0.1, 0.15) is 10.4 Å². The molecule has 0 aliphatic rings. The third-order valence-electron chi connectivity index (χ3n) is 2.59. The van der Waals surface area contributed by atoms with Crippen molar-refractivity contribution in [3.8, 4) is 11.1 Å². The molecular weight excluding hydrogens is 256 g/mol. The number of carbonyl (C=O) groups excluding carboxylic acids is 1. The Morgan fingerprint density at radius 1 is 1.26 bits per heavy atom. The molecule has 98 valence electrons. The molecule has 0 aliphatic heterocycles. The second-order valence-corrected chi connectivity index (χ2v) is 3.69. The maximum absolute atomic E-state index is 13.7. The number of rotatable bonds is 2. The Morgan fingerprint density at radius 3 is 2.68 bits per heavy atom. The van der Waals surface area contributed by atoms with Crippen LogP contribution in [0.2, 0.25) is 0 Å². The smallest absolute Gasteiger partial charge is 0.338 e. The Balaban J connectivity index is 2.78. The molecule has 1 N–H and O–H groups in total. The van der Waals surface area contributed by atoms with Crippen molar-refractivity contribution in [3.63, 3.8) is 0 Å². The number of aromatic amines is 1. The van der Waals surface area contributed by atoms with Gasteiger partial charge in [0.15, 0.2) is 11.6 Å². The predicted octanol–water partition coefficient (Wildman–Crippen LogP) is 2.11. The fourth-order valence-corrected chi connectivity index (χ4v) is 1.72. The quantitative estimate of drug-likeness (QED) is 0.846. The number of esters is 1. The lowest BCUT2D eigenvalue weighted by molar-refractivity contribution is 0.0601. The first-order valence-electron chi connectivity index (χ1n) is 5.30. The molecule has 0 saturated heterocycles. The molecule has 0 spiro atoms. The summed E-state index contributed by atoms with van der Waals surface area (Å²) in [6, 6.07) is 4.66. The van der Waals surface area contributed by atoms with Crippen LogP contribution in [-0.2, 0) is 4.74 Å². The van der Waals surface area contributed by atoms with Crippen molar-refractivity contribution in [2.75, 3.05) is 7.11 Å². The van der Waals surface area contributed by atoms with E-state index < -0.39 is 23.2 Å². The Bertz CT molecular complexity index is 695. The molecule has 0 saturated carbocycles. The SMILES string of the molecule is COC(=O)c1cc[nH]c(=O)c1-c1cccc(F)c1F. The third-order valence-corrected chi connectivity index (χ3v) is 2.59. The summed E-state index contributed by atoms with van der Waals surface area (Å²) in [4.78, 5) is 25.6. The minimum Gasteiger partial charge on any atom is -0.465 e. The summed E-state index contributed by atoms with van der Waals surface area (Å²) < 4.78 is 31.5. The highest BCUT2D eigenvalue weighted by molar-refractivity contribution is 5.96. The molecule has 0 bridgehead atoms. The Morgan fingerprint density at radius 2 is 2.00 bits per heavy atom. The first kappa shape index (κ1) is 12.9. The summed E-state index contributed by atoms with van der Waals surface area (Å²) in [6.07, 6.45) is 1.23. The van der Waals surface area contributed by atoms with Gasteiger partial charge in [-0.25, -0.2) is 13.6 Å². The van der Waals surface area contributed by atoms with E-state index in [1.165, 1.54) is 24.4 Å². The largest absolute Gasteiger partial charge is 0.465 e. The number of hydrogen-bond acceptors (Lipinski definition) is 3. The third kappa shape index (κ3) is 2.24. The highest BCUT2D eigenvalue weighted by atomic mass is 19.2. The number of aromatic nitrogens is 1. The molecule has 0 amide bonds. The van der Waals surface area contributed by atoms with Gasteiger partial charge in [-0.2, -0.15) is 0 Å². The Labute approximate surface area is 106 Å². The summed E-state index contributed by atoms with van der Waals surface area (Å²) in [5.41, 5.74) is -1.38. The second-order valence-electron chi connectivity index (χ2n) is 3.69. The van der Waals surface area contributed by atoms with E-state index in [2.05, 4.69) is 9.72 Å². The average molecular weight is 265 g/mol. The number of halogens is 2. The minimum atomic E-state index is -1.19. The van der Waals surface area contributed by atoms with E-state index in [1.807, 2.05) is 0 Å². The molecule has 0 radical (unpaired) electrons. The second kappa shape index (κ2) is 5.01. The molecule has 0 aliphatic carbocycles. The highest BCUT2D eigenvalue weighted by Gasteiger charge is 2.20. The molecular formula is C13H9F2NO3. The van der Waals surface area contributed by atoms with Gasteiger partial charge in [-0.3, -0.25) is 4.79 Å². The van der Waals surface area contributed by atoms with Gasteiger partial charge in [-0.05, 0) is 12.1 Å². The van der Waals surface area contributed by atoms with Crippen molar-refractivity contribution in [1.82, 2.24) is 4.98 Å². The fourth-order valence-electron chi connectivity index (χ4n) is 1.72. The number of carbonyl (C=O) groups is 1. The van der Waals surface area contributed by atoms with Gasteiger partial charge < -0.3 is 9.72 Å². The van der Waals surface area contributed by atoms with Gasteiger partial charge in [0.1, 0.15) is 0 Å². The lowest BCUT2D eigenvalue weighted by atomic mass is 10.0. The van der Waals surface area contributed by atoms with Gasteiger partial charge >= 0.3 is 5.97 Å². The summed E-state index contributed by atoms with van der Waals surface area (Å²) >= 11 is 0. The van der Waals surface area contributed by atoms with Crippen LogP contribution < -0.4 is 5.56 Å². The zero-order valence-electron chi connectivity index (χ0n) is 9.87. The van der Waals surface area contributed by atoms with Crippen molar-refractivity contribution >= 4 is 5.97 Å². The monoisotopic (exact) mass is 265 g/mol. The van der Waals surface area contributed by atoms with Crippen LogP contribution in [-0.4, -0.2) is 18.1 Å². The zero-order chi connectivity index (χ0) is 14.0. The van der Waals surface area contributed by atoms with Gasteiger partial charge in [0.05, 0.1) is 18.2 Å². The van der Waals surface area contributed by atoms with E-state index in [9.17, 15) is 18.4 Å². The summed E-state index contributed by atoms with van der Waals surface area (Å²) in [7, 11) is 1.13. The van der Waals surface area contributed by atoms with Gasteiger partial charge in [-0.15, -0.1) is 0 Å². The highest BCUT2D eigenvalue weighted by Crippen LogP contribution is 2.24. The molecule has 2 rings (SSSR count). The van der Waals surface area contributed by atoms with E-state index in [-0.39, 0.29) is 16.7 Å². The van der Waals surface area contributed by atoms with E-state index in [1.54, 1.807) is 0 Å². The lowest BCUT2D eigenvalue weighted by Crippen LogP contribution is -2.16. The molecule has 1 heterocycles. The molecule has 2 aromatic rings. The van der Waals surface area contributed by atoms with Crippen LogP contribution in [0.5, 0.6) is 0 Å². The first-order chi connectivity index (χ1) is 9.06. The van der Waals surface area contributed by atoms with E-state index in [0.29, 0.717) is 0 Å². The fraction of sp³-hybridized carbons (Fsp3) is 0.0769. The zero-order valence-corrected chi connectivity index (χ0v) is 9.87. The van der Waals surface area contributed by atoms with E-state index in [0.717, 1.165) is 13.2 Å². The normalized spacial score (nSPS) is 10.3. The van der Waals surface area contributed by atoms with Crippen LogP contribution in [0, 0.1) is 11.6 Å². The van der Waals surface area contributed by atoms with Gasteiger partial charge in [0.2, 0.25) is 0 Å². The summed E-state index contributed by atoms with van der Waals surface area (Å²) in [5.74, 6) is -3.09. The van der Waals surface area contributed by atoms with Crippen LogP contribution >= 0.6 is 0 Å². The Kier molecular flexibility index (Phi) is 3.41. The number of benzene rings is 1. The predicted molar refractivity (Wildman–Crippen MR) is 63.8 cm³/mol.